The summed E-state index contributed by atoms with van der Waals surface area (Å²) in [5.41, 5.74) is 2.64. The SMILES string of the molecule is Cc1c(CNCc2ccn(C)n2)cnn1CC(F)F. The Kier molecular flexibility index (Phi) is 4.26. The largest absolute Gasteiger partial charge is 0.307 e. The van der Waals surface area contributed by atoms with Crippen molar-refractivity contribution in [3.05, 3.63) is 35.4 Å². The van der Waals surface area contributed by atoms with Crippen LogP contribution >= 0.6 is 0 Å². The molecule has 0 aliphatic rings. The molecule has 0 amide bonds. The van der Waals surface area contributed by atoms with Crippen LogP contribution < -0.4 is 5.32 Å². The Hall–Kier alpha value is -1.76. The van der Waals surface area contributed by atoms with Gasteiger partial charge in [0.1, 0.15) is 6.54 Å². The van der Waals surface area contributed by atoms with E-state index in [0.717, 1.165) is 17.0 Å². The summed E-state index contributed by atoms with van der Waals surface area (Å²) >= 11 is 0. The van der Waals surface area contributed by atoms with Crippen LogP contribution in [-0.2, 0) is 26.7 Å². The van der Waals surface area contributed by atoms with E-state index in [9.17, 15) is 8.78 Å². The molecular weight excluding hydrogens is 252 g/mol. The van der Waals surface area contributed by atoms with E-state index in [1.165, 1.54) is 4.68 Å². The van der Waals surface area contributed by atoms with Gasteiger partial charge in [-0.1, -0.05) is 0 Å². The molecule has 7 heteroatoms. The maximum atomic E-state index is 12.3. The van der Waals surface area contributed by atoms with Crippen LogP contribution in [0, 0.1) is 6.92 Å². The van der Waals surface area contributed by atoms with E-state index in [4.69, 9.17) is 0 Å². The lowest BCUT2D eigenvalue weighted by Gasteiger charge is -2.05. The average molecular weight is 269 g/mol. The van der Waals surface area contributed by atoms with Crippen LogP contribution in [0.15, 0.2) is 18.5 Å². The molecule has 2 heterocycles. The fraction of sp³-hybridized carbons (Fsp3) is 0.500. The van der Waals surface area contributed by atoms with E-state index in [1.54, 1.807) is 17.8 Å². The van der Waals surface area contributed by atoms with Crippen LogP contribution in [0.5, 0.6) is 0 Å². The highest BCUT2D eigenvalue weighted by atomic mass is 19.3. The summed E-state index contributed by atoms with van der Waals surface area (Å²) in [5.74, 6) is 0. The van der Waals surface area contributed by atoms with Crippen molar-refractivity contribution in [3.63, 3.8) is 0 Å². The fourth-order valence-electron chi connectivity index (χ4n) is 1.86. The lowest BCUT2D eigenvalue weighted by Crippen LogP contribution is -2.15. The zero-order valence-electron chi connectivity index (χ0n) is 11.0. The first kappa shape index (κ1) is 13.7. The van der Waals surface area contributed by atoms with Crippen LogP contribution in [0.1, 0.15) is 17.0 Å². The van der Waals surface area contributed by atoms with Crippen LogP contribution in [0.25, 0.3) is 0 Å². The Labute approximate surface area is 110 Å². The number of hydrogen-bond donors (Lipinski definition) is 1. The van der Waals surface area contributed by atoms with Gasteiger partial charge in [0.2, 0.25) is 0 Å². The minimum absolute atomic E-state index is 0.355. The highest BCUT2D eigenvalue weighted by Crippen LogP contribution is 2.09. The molecule has 19 heavy (non-hydrogen) atoms. The topological polar surface area (TPSA) is 47.7 Å². The van der Waals surface area contributed by atoms with E-state index in [1.807, 2.05) is 19.3 Å². The number of nitrogens with one attached hydrogen (secondary N) is 1. The molecule has 0 unspecified atom stereocenters. The summed E-state index contributed by atoms with van der Waals surface area (Å²) in [4.78, 5) is 0. The summed E-state index contributed by atoms with van der Waals surface area (Å²) < 4.78 is 27.7. The van der Waals surface area contributed by atoms with Crippen molar-refractivity contribution in [3.8, 4) is 0 Å². The third-order valence-corrected chi connectivity index (χ3v) is 2.91. The Balaban J connectivity index is 1.87. The van der Waals surface area contributed by atoms with E-state index >= 15 is 0 Å². The van der Waals surface area contributed by atoms with Crippen LogP contribution in [0.3, 0.4) is 0 Å². The summed E-state index contributed by atoms with van der Waals surface area (Å²) in [6.07, 6.45) is 1.12. The van der Waals surface area contributed by atoms with Crippen LogP contribution in [0.4, 0.5) is 8.78 Å². The number of aromatic nitrogens is 4. The second-order valence-electron chi connectivity index (χ2n) is 4.41. The molecular formula is C12H17F2N5. The van der Waals surface area contributed by atoms with Gasteiger partial charge < -0.3 is 5.32 Å². The predicted octanol–water partition coefficient (Wildman–Crippen LogP) is 1.48. The molecule has 104 valence electrons. The van der Waals surface area contributed by atoms with Crippen molar-refractivity contribution >= 4 is 0 Å². The van der Waals surface area contributed by atoms with Gasteiger partial charge in [-0.15, -0.1) is 0 Å². The molecule has 0 aromatic carbocycles. The van der Waals surface area contributed by atoms with Gasteiger partial charge in [0, 0.05) is 37.6 Å². The highest BCUT2D eigenvalue weighted by molar-refractivity contribution is 5.16. The van der Waals surface area contributed by atoms with Gasteiger partial charge in [0.05, 0.1) is 11.9 Å². The monoisotopic (exact) mass is 269 g/mol. The van der Waals surface area contributed by atoms with Crippen LogP contribution in [-0.4, -0.2) is 26.0 Å². The molecule has 0 atom stereocenters. The third-order valence-electron chi connectivity index (χ3n) is 2.91. The van der Waals surface area contributed by atoms with Gasteiger partial charge in [0.25, 0.3) is 6.43 Å². The van der Waals surface area contributed by atoms with Crippen molar-refractivity contribution in [2.24, 2.45) is 7.05 Å². The molecule has 0 aliphatic carbocycles. The van der Waals surface area contributed by atoms with Gasteiger partial charge in [0.15, 0.2) is 0 Å². The van der Waals surface area contributed by atoms with Gasteiger partial charge in [-0.25, -0.2) is 8.78 Å². The average Bonchev–Trinajstić information content (AvgIpc) is 2.89. The Bertz CT molecular complexity index is 532. The normalized spacial score (nSPS) is 11.4. The number of aryl methyl sites for hydroxylation is 1. The minimum Gasteiger partial charge on any atom is -0.307 e. The van der Waals surface area contributed by atoms with Gasteiger partial charge >= 0.3 is 0 Å². The third kappa shape index (κ3) is 3.60. The lowest BCUT2D eigenvalue weighted by molar-refractivity contribution is 0.121. The zero-order chi connectivity index (χ0) is 13.8. The molecule has 0 radical (unpaired) electrons. The minimum atomic E-state index is -2.38. The van der Waals surface area contributed by atoms with E-state index in [2.05, 4.69) is 15.5 Å². The summed E-state index contributed by atoms with van der Waals surface area (Å²) in [5, 5.41) is 11.4. The second kappa shape index (κ2) is 5.92. The van der Waals surface area contributed by atoms with E-state index < -0.39 is 6.43 Å². The molecule has 0 saturated carbocycles. The number of rotatable bonds is 6. The molecule has 0 fully saturated rings. The van der Waals surface area contributed by atoms with Gasteiger partial charge in [-0.3, -0.25) is 9.36 Å². The van der Waals surface area contributed by atoms with Crippen molar-refractivity contribution in [2.75, 3.05) is 0 Å². The first-order valence-electron chi connectivity index (χ1n) is 6.05. The lowest BCUT2D eigenvalue weighted by atomic mass is 10.2. The molecule has 0 spiro atoms. The molecule has 1 N–H and O–H groups in total. The standard InChI is InChI=1S/C12H17F2N5/c1-9-10(6-16-19(9)8-12(13)14)5-15-7-11-3-4-18(2)17-11/h3-4,6,12,15H,5,7-8H2,1-2H3. The smallest absolute Gasteiger partial charge is 0.257 e. The maximum Gasteiger partial charge on any atom is 0.257 e. The van der Waals surface area contributed by atoms with E-state index in [0.29, 0.717) is 13.1 Å². The quantitative estimate of drug-likeness (QED) is 0.864. The molecule has 0 aliphatic heterocycles. The molecule has 0 saturated heterocycles. The highest BCUT2D eigenvalue weighted by Gasteiger charge is 2.10. The summed E-state index contributed by atoms with van der Waals surface area (Å²) in [6, 6.07) is 1.93. The number of alkyl halides is 2. The number of nitrogens with zero attached hydrogens (tertiary/aromatic N) is 4. The molecule has 2 aromatic rings. The Morgan fingerprint density at radius 2 is 2.16 bits per heavy atom. The molecule has 0 bridgehead atoms. The maximum absolute atomic E-state index is 12.3. The van der Waals surface area contributed by atoms with Gasteiger partial charge in [-0.05, 0) is 13.0 Å². The fourth-order valence-corrected chi connectivity index (χ4v) is 1.86. The molecule has 2 aromatic heterocycles. The van der Waals surface area contributed by atoms with Crippen molar-refractivity contribution in [1.82, 2.24) is 24.9 Å². The zero-order valence-corrected chi connectivity index (χ0v) is 11.0. The summed E-state index contributed by atoms with van der Waals surface area (Å²) in [7, 11) is 1.86. The number of hydrogen-bond acceptors (Lipinski definition) is 3. The number of halogens is 2. The first-order chi connectivity index (χ1) is 9.06. The Morgan fingerprint density at radius 3 is 2.79 bits per heavy atom. The Morgan fingerprint density at radius 1 is 1.37 bits per heavy atom. The molecule has 2 rings (SSSR count). The molecule has 5 nitrogen and oxygen atoms in total. The first-order valence-corrected chi connectivity index (χ1v) is 6.05. The summed E-state index contributed by atoms with van der Waals surface area (Å²) in [6.45, 7) is 2.67. The van der Waals surface area contributed by atoms with Crippen molar-refractivity contribution in [1.29, 1.82) is 0 Å². The van der Waals surface area contributed by atoms with Crippen molar-refractivity contribution < 1.29 is 8.78 Å². The van der Waals surface area contributed by atoms with E-state index in [-0.39, 0.29) is 6.54 Å². The van der Waals surface area contributed by atoms with Crippen LogP contribution in [0.2, 0.25) is 0 Å². The van der Waals surface area contributed by atoms with Gasteiger partial charge in [-0.2, -0.15) is 10.2 Å². The predicted molar refractivity (Wildman–Crippen MR) is 66.7 cm³/mol. The van der Waals surface area contributed by atoms with Crippen molar-refractivity contribution in [2.45, 2.75) is 33.0 Å². The second-order valence-corrected chi connectivity index (χ2v) is 4.41.